The maximum atomic E-state index is 4.73. The van der Waals surface area contributed by atoms with Crippen molar-refractivity contribution in [2.75, 3.05) is 11.9 Å². The first-order valence-electron chi connectivity index (χ1n) is 6.72. The average Bonchev–Trinajstić information content (AvgIpc) is 2.77. The summed E-state index contributed by atoms with van der Waals surface area (Å²) in [4.78, 5) is 0. The zero-order valence-corrected chi connectivity index (χ0v) is 12.8. The van der Waals surface area contributed by atoms with Crippen molar-refractivity contribution in [1.29, 1.82) is 0 Å². The van der Waals surface area contributed by atoms with Crippen molar-refractivity contribution in [3.05, 3.63) is 46.1 Å². The van der Waals surface area contributed by atoms with Crippen LogP contribution in [0.15, 0.2) is 34.8 Å². The van der Waals surface area contributed by atoms with Crippen LogP contribution in [0.3, 0.4) is 0 Å². The number of benzene rings is 1. The van der Waals surface area contributed by atoms with Gasteiger partial charge in [0.05, 0.1) is 16.7 Å². The fourth-order valence-electron chi connectivity index (χ4n) is 2.57. The third-order valence-corrected chi connectivity index (χ3v) is 4.43. The first-order valence-corrected chi connectivity index (χ1v) is 7.51. The Hall–Kier alpha value is -1.29. The smallest absolute Gasteiger partial charge is 0.139 e. The third-order valence-electron chi connectivity index (χ3n) is 3.65. The van der Waals surface area contributed by atoms with Crippen molar-refractivity contribution in [3.8, 4) is 0 Å². The number of hydrogen-bond acceptors (Lipinski definition) is 2. The molecular formula is C15H18BrN3. The van der Waals surface area contributed by atoms with E-state index in [2.05, 4.69) is 70.1 Å². The van der Waals surface area contributed by atoms with Crippen molar-refractivity contribution in [1.82, 2.24) is 9.78 Å². The summed E-state index contributed by atoms with van der Waals surface area (Å²) in [5, 5.41) is 8.24. The van der Waals surface area contributed by atoms with Gasteiger partial charge in [-0.2, -0.15) is 5.10 Å². The summed E-state index contributed by atoms with van der Waals surface area (Å²) in [6.07, 6.45) is 0. The molecular weight excluding hydrogens is 302 g/mol. The highest BCUT2D eigenvalue weighted by Gasteiger charge is 2.25. The molecule has 0 spiro atoms. The van der Waals surface area contributed by atoms with Gasteiger partial charge in [-0.15, -0.1) is 0 Å². The lowest BCUT2D eigenvalue weighted by atomic mass is 9.98. The molecule has 1 atom stereocenters. The molecule has 1 N–H and O–H groups in total. The quantitative estimate of drug-likeness (QED) is 0.907. The van der Waals surface area contributed by atoms with E-state index in [1.54, 1.807) is 0 Å². The molecule has 0 amide bonds. The summed E-state index contributed by atoms with van der Waals surface area (Å²) in [5.41, 5.74) is 2.51. The molecule has 1 aliphatic rings. The fourth-order valence-corrected chi connectivity index (χ4v) is 3.45. The van der Waals surface area contributed by atoms with E-state index in [0.717, 1.165) is 29.1 Å². The lowest BCUT2D eigenvalue weighted by Gasteiger charge is -2.25. The zero-order valence-electron chi connectivity index (χ0n) is 11.2. The summed E-state index contributed by atoms with van der Waals surface area (Å²) in [7, 11) is 0. The molecule has 0 radical (unpaired) electrons. The number of fused-ring (bicyclic) bond motifs is 1. The molecule has 19 heavy (non-hydrogen) atoms. The van der Waals surface area contributed by atoms with Crippen molar-refractivity contribution < 1.29 is 0 Å². The second kappa shape index (κ2) is 5.00. The highest BCUT2D eigenvalue weighted by atomic mass is 79.9. The molecule has 0 saturated heterocycles. The number of rotatable bonds is 2. The van der Waals surface area contributed by atoms with Gasteiger partial charge >= 0.3 is 0 Å². The van der Waals surface area contributed by atoms with E-state index in [9.17, 15) is 0 Å². The zero-order chi connectivity index (χ0) is 13.4. The molecule has 0 bridgehead atoms. The molecule has 3 rings (SSSR count). The van der Waals surface area contributed by atoms with Crippen LogP contribution in [0.4, 0.5) is 5.82 Å². The van der Waals surface area contributed by atoms with Crippen LogP contribution in [0.25, 0.3) is 0 Å². The third kappa shape index (κ3) is 2.29. The molecule has 1 aliphatic heterocycles. The Morgan fingerprint density at radius 2 is 2.05 bits per heavy atom. The number of halogens is 1. The lowest BCUT2D eigenvalue weighted by molar-refractivity contribution is 0.499. The Labute approximate surface area is 122 Å². The Balaban J connectivity index is 1.90. The maximum absolute atomic E-state index is 4.73. The minimum Gasteiger partial charge on any atom is -0.369 e. The van der Waals surface area contributed by atoms with E-state index in [1.807, 2.05) is 0 Å². The van der Waals surface area contributed by atoms with Crippen molar-refractivity contribution in [2.45, 2.75) is 32.2 Å². The number of nitrogens with zero attached hydrogens (tertiary/aromatic N) is 2. The molecule has 4 heteroatoms. The predicted molar refractivity (Wildman–Crippen MR) is 81.7 cm³/mol. The van der Waals surface area contributed by atoms with Gasteiger partial charge in [-0.05, 0) is 27.4 Å². The van der Waals surface area contributed by atoms with Gasteiger partial charge in [0.1, 0.15) is 5.82 Å². The molecule has 0 fully saturated rings. The highest BCUT2D eigenvalue weighted by molar-refractivity contribution is 9.10. The van der Waals surface area contributed by atoms with Gasteiger partial charge in [0.2, 0.25) is 0 Å². The van der Waals surface area contributed by atoms with Gasteiger partial charge in [-0.25, -0.2) is 4.68 Å². The normalized spacial score (nSPS) is 18.2. The molecule has 100 valence electrons. The molecule has 2 heterocycles. The van der Waals surface area contributed by atoms with Gasteiger partial charge < -0.3 is 5.32 Å². The van der Waals surface area contributed by atoms with Gasteiger partial charge in [-0.1, -0.05) is 44.2 Å². The van der Waals surface area contributed by atoms with E-state index in [-0.39, 0.29) is 0 Å². The van der Waals surface area contributed by atoms with Gasteiger partial charge in [0, 0.05) is 12.5 Å². The van der Waals surface area contributed by atoms with E-state index < -0.39 is 0 Å². The second-order valence-corrected chi connectivity index (χ2v) is 6.17. The fraction of sp³-hybridized carbons (Fsp3) is 0.400. The Kier molecular flexibility index (Phi) is 3.35. The number of anilines is 1. The van der Waals surface area contributed by atoms with E-state index in [1.165, 1.54) is 5.56 Å². The summed E-state index contributed by atoms with van der Waals surface area (Å²) in [6.45, 7) is 6.26. The van der Waals surface area contributed by atoms with Crippen molar-refractivity contribution >= 4 is 21.7 Å². The van der Waals surface area contributed by atoms with E-state index >= 15 is 0 Å². The first-order chi connectivity index (χ1) is 9.16. The number of hydrogen-bond donors (Lipinski definition) is 1. The SMILES string of the molecule is CC(C)c1nn2c(c1Br)NCC(c1ccccc1)C2. The van der Waals surface area contributed by atoms with E-state index in [0.29, 0.717) is 11.8 Å². The first kappa shape index (κ1) is 12.7. The monoisotopic (exact) mass is 319 g/mol. The highest BCUT2D eigenvalue weighted by Crippen LogP contribution is 2.35. The molecule has 0 aliphatic carbocycles. The van der Waals surface area contributed by atoms with Crippen LogP contribution in [-0.4, -0.2) is 16.3 Å². The summed E-state index contributed by atoms with van der Waals surface area (Å²) < 4.78 is 3.22. The molecule has 1 aromatic carbocycles. The minimum atomic E-state index is 0.435. The van der Waals surface area contributed by atoms with Gasteiger partial charge in [-0.3, -0.25) is 0 Å². The van der Waals surface area contributed by atoms with E-state index in [4.69, 9.17) is 5.10 Å². The average molecular weight is 320 g/mol. The predicted octanol–water partition coefficient (Wildman–Crippen LogP) is 3.98. The number of nitrogens with one attached hydrogen (secondary N) is 1. The van der Waals surface area contributed by atoms with Crippen LogP contribution in [-0.2, 0) is 6.54 Å². The minimum absolute atomic E-state index is 0.435. The van der Waals surface area contributed by atoms with Gasteiger partial charge in [0.25, 0.3) is 0 Å². The number of aromatic nitrogens is 2. The molecule has 2 aromatic rings. The van der Waals surface area contributed by atoms with Gasteiger partial charge in [0.15, 0.2) is 0 Å². The molecule has 1 aromatic heterocycles. The molecule has 1 unspecified atom stereocenters. The van der Waals surface area contributed by atoms with Crippen molar-refractivity contribution in [3.63, 3.8) is 0 Å². The molecule has 3 nitrogen and oxygen atoms in total. The largest absolute Gasteiger partial charge is 0.369 e. The van der Waals surface area contributed by atoms with Crippen LogP contribution in [0.2, 0.25) is 0 Å². The summed E-state index contributed by atoms with van der Waals surface area (Å²) in [5.74, 6) is 2.04. The Bertz CT molecular complexity index is 575. The standard InChI is InChI=1S/C15H18BrN3/c1-10(2)14-13(16)15-17-8-12(9-19(15)18-14)11-6-4-3-5-7-11/h3-7,10,12,17H,8-9H2,1-2H3. The summed E-state index contributed by atoms with van der Waals surface area (Å²) >= 11 is 3.67. The van der Waals surface area contributed by atoms with Crippen LogP contribution >= 0.6 is 15.9 Å². The van der Waals surface area contributed by atoms with Crippen LogP contribution in [0.5, 0.6) is 0 Å². The molecule has 0 saturated carbocycles. The maximum Gasteiger partial charge on any atom is 0.139 e. The Morgan fingerprint density at radius 3 is 2.74 bits per heavy atom. The summed E-state index contributed by atoms with van der Waals surface area (Å²) in [6, 6.07) is 10.7. The van der Waals surface area contributed by atoms with Crippen LogP contribution < -0.4 is 5.32 Å². The van der Waals surface area contributed by atoms with Crippen molar-refractivity contribution in [2.24, 2.45) is 0 Å². The Morgan fingerprint density at radius 1 is 1.32 bits per heavy atom. The van der Waals surface area contributed by atoms with Crippen LogP contribution in [0.1, 0.15) is 36.9 Å². The lowest BCUT2D eigenvalue weighted by Crippen LogP contribution is -2.26. The topological polar surface area (TPSA) is 29.9 Å². The second-order valence-electron chi connectivity index (χ2n) is 5.37. The van der Waals surface area contributed by atoms with Crippen LogP contribution in [0, 0.1) is 0 Å².